The van der Waals surface area contributed by atoms with E-state index in [9.17, 15) is 28.8 Å². The number of nitrogens with one attached hydrogen (secondary N) is 3. The Balaban J connectivity index is 1.19. The summed E-state index contributed by atoms with van der Waals surface area (Å²) < 4.78 is 5.12. The van der Waals surface area contributed by atoms with Gasteiger partial charge >= 0.3 is 5.97 Å². The van der Waals surface area contributed by atoms with Crippen LogP contribution < -0.4 is 16.0 Å². The molecule has 6 amide bonds. The molecule has 18 heteroatoms. The first-order chi connectivity index (χ1) is 37.2. The van der Waals surface area contributed by atoms with Crippen molar-refractivity contribution in [2.24, 2.45) is 28.6 Å². The molecule has 0 saturated carbocycles. The minimum Gasteiger partial charge on any atom is -0.468 e. The maximum Gasteiger partial charge on any atom is 0.323 e. The molecule has 79 heavy (non-hydrogen) atoms. The third-order valence-corrected chi connectivity index (χ3v) is 18.5. The predicted molar refractivity (Wildman–Crippen MR) is 308 cm³/mol. The molecular weight excluding hydrogens is 1000 g/mol. The Hall–Kier alpha value is -4.65. The van der Waals surface area contributed by atoms with E-state index < -0.39 is 41.0 Å². The van der Waals surface area contributed by atoms with Crippen LogP contribution in [0.1, 0.15) is 145 Å². The molecule has 9 unspecified atom stereocenters. The summed E-state index contributed by atoms with van der Waals surface area (Å²) >= 11 is 0. The van der Waals surface area contributed by atoms with E-state index in [-0.39, 0.29) is 89.4 Å². The van der Waals surface area contributed by atoms with Gasteiger partial charge in [-0.2, -0.15) is 0 Å². The van der Waals surface area contributed by atoms with Crippen LogP contribution in [0.15, 0.2) is 30.3 Å². The molecule has 0 aromatic heterocycles. The Labute approximate surface area is 474 Å². The van der Waals surface area contributed by atoms with Crippen molar-refractivity contribution in [1.29, 1.82) is 0 Å². The first-order valence-electron chi connectivity index (χ1n) is 29.9. The van der Waals surface area contributed by atoms with Gasteiger partial charge in [-0.3, -0.25) is 53.2 Å². The van der Waals surface area contributed by atoms with Gasteiger partial charge in [-0.05, 0) is 132 Å². The number of rotatable bonds is 20. The Bertz CT molecular complexity index is 2250. The number of carbonyl (C=O) groups is 7. The van der Waals surface area contributed by atoms with Crippen molar-refractivity contribution < 1.29 is 38.3 Å². The first-order valence-corrected chi connectivity index (χ1v) is 29.9. The minimum absolute atomic E-state index is 0.0302. The summed E-state index contributed by atoms with van der Waals surface area (Å²) in [5.41, 5.74) is -0.234. The van der Waals surface area contributed by atoms with E-state index in [1.54, 1.807) is 16.8 Å². The number of likely N-dealkylation sites (N-methyl/N-ethyl adjacent to an activating group) is 4. The van der Waals surface area contributed by atoms with Gasteiger partial charge in [0.25, 0.3) is 0 Å². The van der Waals surface area contributed by atoms with Crippen LogP contribution in [-0.2, 0) is 44.8 Å². The van der Waals surface area contributed by atoms with E-state index in [4.69, 9.17) is 4.74 Å². The van der Waals surface area contributed by atoms with Gasteiger partial charge in [-0.1, -0.05) is 106 Å². The first kappa shape index (κ1) is 63.5. The number of carbonyl (C=O) groups excluding carboxylic acids is 7. The Morgan fingerprint density at radius 3 is 1.65 bits per heavy atom. The Kier molecular flexibility index (Phi) is 22.0. The normalized spacial score (nSPS) is 26.3. The van der Waals surface area contributed by atoms with Crippen LogP contribution in [0.25, 0.3) is 0 Å². The molecule has 0 radical (unpaired) electrons. The average molecular weight is 1100 g/mol. The SMILES string of the molecule is COC(=O)[C@@H]1CCCN1CC(C(C)C)N(C)C(=O)C(NC(=O)C1CCCC(C2C[C@@H](C(=O)NCc3ccccc3)N(C(=O)C3CCCN3CC(C(C)C)N(C)C(=O)C(NC(=O)C3CCCCN3C)C(C)(C)C)C2)N1C)C(C)(C)C. The van der Waals surface area contributed by atoms with E-state index >= 15 is 4.79 Å². The van der Waals surface area contributed by atoms with E-state index in [1.807, 2.05) is 97.9 Å². The molecule has 1 aromatic rings. The minimum atomic E-state index is -0.829. The van der Waals surface area contributed by atoms with E-state index in [1.165, 1.54) is 7.11 Å². The molecule has 5 heterocycles. The number of benzene rings is 1. The zero-order valence-corrected chi connectivity index (χ0v) is 51.0. The third kappa shape index (κ3) is 15.5. The summed E-state index contributed by atoms with van der Waals surface area (Å²) in [4.78, 5) is 114. The average Bonchev–Trinajstić information content (AvgIpc) is 4.36. The van der Waals surface area contributed by atoms with E-state index in [0.717, 1.165) is 63.6 Å². The molecule has 1 aromatic carbocycles. The molecule has 444 valence electrons. The molecule has 5 aliphatic heterocycles. The summed E-state index contributed by atoms with van der Waals surface area (Å²) in [6.45, 7) is 24.1. The molecule has 3 N–H and O–H groups in total. The summed E-state index contributed by atoms with van der Waals surface area (Å²) in [7, 11) is 8.98. The molecule has 18 nitrogen and oxygen atoms in total. The van der Waals surface area contributed by atoms with Crippen LogP contribution in [-0.4, -0.2) is 211 Å². The molecule has 5 fully saturated rings. The van der Waals surface area contributed by atoms with Crippen molar-refractivity contribution in [2.45, 2.75) is 207 Å². The number of amides is 6. The van der Waals surface area contributed by atoms with Crippen LogP contribution in [0.4, 0.5) is 0 Å². The topological polar surface area (TPSA) is 187 Å². The molecule has 0 aliphatic carbocycles. The number of piperidine rings is 2. The summed E-state index contributed by atoms with van der Waals surface area (Å²) in [6, 6.07) is 5.16. The van der Waals surface area contributed by atoms with Gasteiger partial charge in [0.1, 0.15) is 24.2 Å². The van der Waals surface area contributed by atoms with Crippen molar-refractivity contribution in [3.05, 3.63) is 35.9 Å². The molecule has 0 spiro atoms. The van der Waals surface area contributed by atoms with Gasteiger partial charge in [0, 0.05) is 58.4 Å². The number of nitrogens with zero attached hydrogens (tertiary/aromatic N) is 7. The number of hydrogen-bond acceptors (Lipinski definition) is 12. The highest BCUT2D eigenvalue weighted by Crippen LogP contribution is 2.37. The molecular formula is C61H102N10O8. The molecule has 6 rings (SSSR count). The lowest BCUT2D eigenvalue weighted by molar-refractivity contribution is -0.147. The van der Waals surface area contributed by atoms with Crippen molar-refractivity contribution >= 4 is 41.4 Å². The highest BCUT2D eigenvalue weighted by Gasteiger charge is 2.50. The standard InChI is InChI=1S/C61H102N10O8/c1-39(2)49(67(13)57(76)51(60(5,6)7)63-54(73)44-26-19-20-31-65(44)11)37-69-32-22-29-46(69)56(75)71-36-42(34-48(71)53(72)62-35-41-24-17-16-18-25-41)43-27-21-28-45(66(43)12)55(74)64-52(61(8,9)10)58(77)68(14)50(40(3)4)38-70-33-23-30-47(70)59(78)79-15/h16-18,24-25,39-40,42-52H,19-23,26-38H2,1-15H3,(H,62,72)(H,63,73)(H,64,74)/t42?,43?,44?,45?,46?,47-,48-,49?,50?,51?,52?/m0/s1. The van der Waals surface area contributed by atoms with Crippen molar-refractivity contribution in [3.8, 4) is 0 Å². The second kappa shape index (κ2) is 27.4. The van der Waals surface area contributed by atoms with Gasteiger partial charge in [0.05, 0.1) is 25.2 Å². The van der Waals surface area contributed by atoms with Crippen LogP contribution in [0.5, 0.6) is 0 Å². The lowest BCUT2D eigenvalue weighted by atomic mass is 9.83. The van der Waals surface area contributed by atoms with Crippen LogP contribution in [0.3, 0.4) is 0 Å². The second-order valence-electron chi connectivity index (χ2n) is 26.8. The summed E-state index contributed by atoms with van der Waals surface area (Å²) in [6.07, 6.45) is 8.35. The third-order valence-electron chi connectivity index (χ3n) is 18.5. The van der Waals surface area contributed by atoms with Gasteiger partial charge in [-0.25, -0.2) is 0 Å². The Morgan fingerprint density at radius 1 is 0.620 bits per heavy atom. The van der Waals surface area contributed by atoms with Gasteiger partial charge < -0.3 is 35.4 Å². The molecule has 5 aliphatic rings. The van der Waals surface area contributed by atoms with Gasteiger partial charge in [0.2, 0.25) is 35.4 Å². The van der Waals surface area contributed by atoms with Crippen molar-refractivity contribution in [1.82, 2.24) is 50.2 Å². The highest BCUT2D eigenvalue weighted by molar-refractivity contribution is 5.92. The van der Waals surface area contributed by atoms with Gasteiger partial charge in [0.15, 0.2) is 0 Å². The van der Waals surface area contributed by atoms with Crippen molar-refractivity contribution in [2.75, 3.05) is 74.6 Å². The second-order valence-corrected chi connectivity index (χ2v) is 26.8. The summed E-state index contributed by atoms with van der Waals surface area (Å²) in [5, 5.41) is 9.58. The largest absolute Gasteiger partial charge is 0.468 e. The van der Waals surface area contributed by atoms with Crippen molar-refractivity contribution in [3.63, 3.8) is 0 Å². The lowest BCUT2D eigenvalue weighted by Gasteiger charge is -2.43. The number of ether oxygens (including phenoxy) is 1. The fraction of sp³-hybridized carbons (Fsp3) is 0.787. The zero-order chi connectivity index (χ0) is 58.3. The van der Waals surface area contributed by atoms with Gasteiger partial charge in [-0.15, -0.1) is 0 Å². The highest BCUT2D eigenvalue weighted by atomic mass is 16.5. The maximum atomic E-state index is 15.3. The quantitative estimate of drug-likeness (QED) is 0.149. The van der Waals surface area contributed by atoms with E-state index in [0.29, 0.717) is 58.4 Å². The fourth-order valence-electron chi connectivity index (χ4n) is 13.5. The predicted octanol–water partition coefficient (Wildman–Crippen LogP) is 4.99. The van der Waals surface area contributed by atoms with Crippen LogP contribution in [0, 0.1) is 28.6 Å². The number of methoxy groups -OCH3 is 1. The maximum absolute atomic E-state index is 15.3. The zero-order valence-electron chi connectivity index (χ0n) is 51.0. The lowest BCUT2D eigenvalue weighted by Crippen LogP contribution is -2.62. The molecule has 5 saturated heterocycles. The smallest absolute Gasteiger partial charge is 0.323 e. The van der Waals surface area contributed by atoms with Crippen LogP contribution in [0.2, 0.25) is 0 Å². The number of esters is 1. The molecule has 0 bridgehead atoms. The molecule has 11 atom stereocenters. The Morgan fingerprint density at radius 2 is 1.13 bits per heavy atom. The van der Waals surface area contributed by atoms with Crippen LogP contribution >= 0.6 is 0 Å². The monoisotopic (exact) mass is 1100 g/mol. The van der Waals surface area contributed by atoms with E-state index in [2.05, 4.69) is 63.2 Å². The fourth-order valence-corrected chi connectivity index (χ4v) is 13.5. The summed E-state index contributed by atoms with van der Waals surface area (Å²) in [5.74, 6) is -1.26. The number of hydrogen-bond donors (Lipinski definition) is 3. The number of likely N-dealkylation sites (tertiary alicyclic amines) is 5.